The molecule has 1 saturated heterocycles. The van der Waals surface area contributed by atoms with E-state index in [2.05, 4.69) is 23.1 Å². The maximum atomic E-state index is 11.7. The van der Waals surface area contributed by atoms with E-state index in [1.165, 1.54) is 0 Å². The Balaban J connectivity index is 1.62. The van der Waals surface area contributed by atoms with Gasteiger partial charge in [0.05, 0.1) is 17.7 Å². The molecule has 0 bridgehead atoms. The van der Waals surface area contributed by atoms with Crippen molar-refractivity contribution in [1.82, 2.24) is 9.88 Å². The van der Waals surface area contributed by atoms with Gasteiger partial charge in [-0.1, -0.05) is 48.5 Å². The van der Waals surface area contributed by atoms with Gasteiger partial charge in [0.15, 0.2) is 0 Å². The van der Waals surface area contributed by atoms with Gasteiger partial charge in [-0.25, -0.2) is 0 Å². The second-order valence-corrected chi connectivity index (χ2v) is 8.18. The van der Waals surface area contributed by atoms with E-state index in [0.717, 1.165) is 47.5 Å². The number of hydrogen-bond acceptors (Lipinski definition) is 4. The van der Waals surface area contributed by atoms with Crippen LogP contribution in [0.25, 0.3) is 0 Å². The van der Waals surface area contributed by atoms with Crippen molar-refractivity contribution >= 4 is 5.97 Å². The van der Waals surface area contributed by atoms with E-state index in [1.54, 1.807) is 0 Å². The molecule has 3 aromatic rings. The van der Waals surface area contributed by atoms with Crippen LogP contribution in [0.15, 0.2) is 72.9 Å². The highest BCUT2D eigenvalue weighted by Crippen LogP contribution is 2.33. The molecule has 5 nitrogen and oxygen atoms in total. The van der Waals surface area contributed by atoms with Gasteiger partial charge in [-0.05, 0) is 61.2 Å². The van der Waals surface area contributed by atoms with Gasteiger partial charge in [0, 0.05) is 12.7 Å². The number of pyridine rings is 1. The van der Waals surface area contributed by atoms with E-state index in [1.807, 2.05) is 61.7 Å². The molecule has 5 heteroatoms. The van der Waals surface area contributed by atoms with Gasteiger partial charge in [0.2, 0.25) is 0 Å². The Morgan fingerprint density at radius 2 is 2.00 bits per heavy atom. The fourth-order valence-corrected chi connectivity index (χ4v) is 4.17. The third kappa shape index (κ3) is 5.30. The molecule has 31 heavy (non-hydrogen) atoms. The van der Waals surface area contributed by atoms with Crippen LogP contribution < -0.4 is 4.74 Å². The maximum Gasteiger partial charge on any atom is 0.307 e. The molecule has 1 fully saturated rings. The number of ether oxygens (including phenoxy) is 1. The van der Waals surface area contributed by atoms with Crippen molar-refractivity contribution in [2.24, 2.45) is 5.92 Å². The van der Waals surface area contributed by atoms with Crippen molar-refractivity contribution in [2.45, 2.75) is 32.4 Å². The van der Waals surface area contributed by atoms with Gasteiger partial charge in [-0.3, -0.25) is 14.7 Å². The van der Waals surface area contributed by atoms with Crippen molar-refractivity contribution in [2.75, 3.05) is 13.1 Å². The minimum absolute atomic E-state index is 0.108. The SMILES string of the molecule is Cc1ccc(C(c2cccc(OCc3ccccc3)c2)N2CCCC(C(=O)O)C2)nc1. The Bertz CT molecular complexity index is 1000. The summed E-state index contributed by atoms with van der Waals surface area (Å²) in [7, 11) is 0. The first-order valence-electron chi connectivity index (χ1n) is 10.8. The van der Waals surface area contributed by atoms with Crippen LogP contribution in [0.4, 0.5) is 0 Å². The number of carbonyl (C=O) groups is 1. The molecule has 2 aromatic carbocycles. The predicted molar refractivity (Wildman–Crippen MR) is 120 cm³/mol. The summed E-state index contributed by atoms with van der Waals surface area (Å²) in [4.78, 5) is 18.6. The molecule has 0 saturated carbocycles. The van der Waals surface area contributed by atoms with Crippen LogP contribution in [-0.4, -0.2) is 34.0 Å². The van der Waals surface area contributed by atoms with Gasteiger partial charge < -0.3 is 9.84 Å². The molecular formula is C26H28N2O3. The number of likely N-dealkylation sites (tertiary alicyclic amines) is 1. The molecule has 1 aromatic heterocycles. The molecule has 1 N–H and O–H groups in total. The third-order valence-electron chi connectivity index (χ3n) is 5.80. The molecule has 0 radical (unpaired) electrons. The van der Waals surface area contributed by atoms with Gasteiger partial charge in [0.1, 0.15) is 12.4 Å². The summed E-state index contributed by atoms with van der Waals surface area (Å²) in [5.41, 5.74) is 4.21. The number of nitrogens with zero attached hydrogens (tertiary/aromatic N) is 2. The summed E-state index contributed by atoms with van der Waals surface area (Å²) in [6.07, 6.45) is 3.46. The van der Waals surface area contributed by atoms with Crippen molar-refractivity contribution in [3.63, 3.8) is 0 Å². The number of rotatable bonds is 7. The first-order chi connectivity index (χ1) is 15.1. The van der Waals surface area contributed by atoms with Gasteiger partial charge in [-0.2, -0.15) is 0 Å². The number of hydrogen-bond donors (Lipinski definition) is 1. The Morgan fingerprint density at radius 3 is 2.74 bits per heavy atom. The second kappa shape index (κ2) is 9.75. The number of aryl methyl sites for hydroxylation is 1. The van der Waals surface area contributed by atoms with Crippen molar-refractivity contribution in [3.8, 4) is 5.75 Å². The molecule has 2 unspecified atom stereocenters. The topological polar surface area (TPSA) is 62.7 Å². The van der Waals surface area contributed by atoms with Crippen LogP contribution in [-0.2, 0) is 11.4 Å². The maximum absolute atomic E-state index is 11.7. The minimum Gasteiger partial charge on any atom is -0.489 e. The van der Waals surface area contributed by atoms with Crippen molar-refractivity contribution in [3.05, 3.63) is 95.3 Å². The molecule has 160 valence electrons. The fraction of sp³-hybridized carbons (Fsp3) is 0.308. The molecule has 1 aliphatic heterocycles. The first-order valence-corrected chi connectivity index (χ1v) is 10.8. The number of aromatic nitrogens is 1. The molecule has 2 heterocycles. The van der Waals surface area contributed by atoms with Gasteiger partial charge in [-0.15, -0.1) is 0 Å². The van der Waals surface area contributed by atoms with Crippen LogP contribution >= 0.6 is 0 Å². The highest BCUT2D eigenvalue weighted by molar-refractivity contribution is 5.70. The first kappa shape index (κ1) is 21.1. The van der Waals surface area contributed by atoms with E-state index in [9.17, 15) is 9.90 Å². The number of carboxylic acids is 1. The number of benzene rings is 2. The molecule has 2 atom stereocenters. The number of aliphatic carboxylic acids is 1. The zero-order chi connectivity index (χ0) is 21.6. The Labute approximate surface area is 183 Å². The van der Waals surface area contributed by atoms with Crippen molar-refractivity contribution < 1.29 is 14.6 Å². The lowest BCUT2D eigenvalue weighted by molar-refractivity contribution is -0.143. The highest BCUT2D eigenvalue weighted by atomic mass is 16.5. The normalized spacial score (nSPS) is 17.8. The van der Waals surface area contributed by atoms with E-state index >= 15 is 0 Å². The summed E-state index contributed by atoms with van der Waals surface area (Å²) in [5.74, 6) is -0.273. The van der Waals surface area contributed by atoms with Crippen LogP contribution in [0.5, 0.6) is 5.75 Å². The summed E-state index contributed by atoms with van der Waals surface area (Å²) in [6.45, 7) is 3.89. The standard InChI is InChI=1S/C26H28N2O3/c1-19-12-13-24(27-16-19)25(28-14-6-10-22(17-28)26(29)30)21-9-5-11-23(15-21)31-18-20-7-3-2-4-8-20/h2-5,7-9,11-13,15-16,22,25H,6,10,14,17-18H2,1H3,(H,29,30). The predicted octanol–water partition coefficient (Wildman–Crippen LogP) is 4.86. The van der Waals surface area contributed by atoms with Crippen LogP contribution in [0.1, 0.15) is 41.3 Å². The van der Waals surface area contributed by atoms with E-state index in [0.29, 0.717) is 13.2 Å². The summed E-state index contributed by atoms with van der Waals surface area (Å²) in [5, 5.41) is 9.58. The molecule has 0 aliphatic carbocycles. The zero-order valence-corrected chi connectivity index (χ0v) is 17.8. The summed E-state index contributed by atoms with van der Waals surface area (Å²) >= 11 is 0. The van der Waals surface area contributed by atoms with Crippen LogP contribution in [0.2, 0.25) is 0 Å². The summed E-state index contributed by atoms with van der Waals surface area (Å²) < 4.78 is 6.05. The quantitative estimate of drug-likeness (QED) is 0.596. The Kier molecular flexibility index (Phi) is 6.63. The average Bonchev–Trinajstić information content (AvgIpc) is 2.80. The Hall–Kier alpha value is -3.18. The fourth-order valence-electron chi connectivity index (χ4n) is 4.17. The molecule has 0 spiro atoms. The molecule has 1 aliphatic rings. The van der Waals surface area contributed by atoms with E-state index in [4.69, 9.17) is 9.72 Å². The average molecular weight is 417 g/mol. The lowest BCUT2D eigenvalue weighted by atomic mass is 9.93. The molecule has 0 amide bonds. The van der Waals surface area contributed by atoms with Gasteiger partial charge >= 0.3 is 5.97 Å². The van der Waals surface area contributed by atoms with E-state index < -0.39 is 5.97 Å². The van der Waals surface area contributed by atoms with Crippen LogP contribution in [0, 0.1) is 12.8 Å². The number of piperidine rings is 1. The summed E-state index contributed by atoms with van der Waals surface area (Å²) in [6, 6.07) is 22.2. The number of carboxylic acid groups (broad SMARTS) is 1. The second-order valence-electron chi connectivity index (χ2n) is 8.18. The minimum atomic E-state index is -0.722. The zero-order valence-electron chi connectivity index (χ0n) is 17.8. The molecule has 4 rings (SSSR count). The smallest absolute Gasteiger partial charge is 0.307 e. The monoisotopic (exact) mass is 416 g/mol. The highest BCUT2D eigenvalue weighted by Gasteiger charge is 2.32. The van der Waals surface area contributed by atoms with E-state index in [-0.39, 0.29) is 12.0 Å². The third-order valence-corrected chi connectivity index (χ3v) is 5.80. The largest absolute Gasteiger partial charge is 0.489 e. The van der Waals surface area contributed by atoms with Gasteiger partial charge in [0.25, 0.3) is 0 Å². The lowest BCUT2D eigenvalue weighted by Crippen LogP contribution is -2.41. The van der Waals surface area contributed by atoms with Crippen molar-refractivity contribution in [1.29, 1.82) is 0 Å². The Morgan fingerprint density at radius 1 is 1.16 bits per heavy atom. The lowest BCUT2D eigenvalue weighted by Gasteiger charge is -2.37. The van der Waals surface area contributed by atoms with Crippen LogP contribution in [0.3, 0.4) is 0 Å². The molecular weight excluding hydrogens is 388 g/mol.